The third-order valence-corrected chi connectivity index (χ3v) is 6.56. The molecule has 36 heavy (non-hydrogen) atoms. The number of methoxy groups -OCH3 is 2. The maximum absolute atomic E-state index is 13.2. The van der Waals surface area contributed by atoms with Crippen molar-refractivity contribution in [2.75, 3.05) is 40.5 Å². The molecule has 1 aliphatic heterocycles. The van der Waals surface area contributed by atoms with E-state index in [0.29, 0.717) is 57.1 Å². The molecule has 1 aliphatic rings. The number of carbonyl (C=O) groups is 2. The molecule has 0 radical (unpaired) electrons. The number of morpholine rings is 1. The Kier molecular flexibility index (Phi) is 8.15. The number of ether oxygens (including phenoxy) is 4. The first-order valence-corrected chi connectivity index (χ1v) is 12.2. The summed E-state index contributed by atoms with van der Waals surface area (Å²) in [6.45, 7) is 5.35. The molecule has 4 rings (SSSR count). The summed E-state index contributed by atoms with van der Waals surface area (Å²) in [5.74, 6) is 2.20. The molecule has 192 valence electrons. The number of ketones is 1. The van der Waals surface area contributed by atoms with E-state index in [4.69, 9.17) is 18.9 Å². The number of benzene rings is 2. The van der Waals surface area contributed by atoms with Crippen molar-refractivity contribution in [3.8, 4) is 17.2 Å². The van der Waals surface area contributed by atoms with Gasteiger partial charge in [0.1, 0.15) is 24.2 Å². The molecule has 1 saturated heterocycles. The van der Waals surface area contributed by atoms with Gasteiger partial charge in [-0.1, -0.05) is 6.07 Å². The second-order valence-electron chi connectivity index (χ2n) is 9.15. The van der Waals surface area contributed by atoms with Gasteiger partial charge in [-0.25, -0.2) is 0 Å². The van der Waals surface area contributed by atoms with E-state index in [1.54, 1.807) is 21.1 Å². The van der Waals surface area contributed by atoms with Crippen LogP contribution < -0.4 is 14.2 Å². The first-order valence-electron chi connectivity index (χ1n) is 12.2. The number of aromatic nitrogens is 1. The van der Waals surface area contributed by atoms with Crippen LogP contribution in [0, 0.1) is 6.92 Å². The van der Waals surface area contributed by atoms with Crippen LogP contribution in [0.25, 0.3) is 10.9 Å². The molecule has 1 N–H and O–H groups in total. The Labute approximate surface area is 211 Å². The van der Waals surface area contributed by atoms with E-state index in [0.717, 1.165) is 33.5 Å². The van der Waals surface area contributed by atoms with Crippen LogP contribution in [0.4, 0.5) is 0 Å². The van der Waals surface area contributed by atoms with Gasteiger partial charge in [-0.05, 0) is 61.7 Å². The number of carbonyl (C=O) groups excluding carboxylic acids is 2. The van der Waals surface area contributed by atoms with Crippen LogP contribution in [0.3, 0.4) is 0 Å². The molecule has 1 atom stereocenters. The maximum Gasteiger partial charge on any atom is 0.227 e. The van der Waals surface area contributed by atoms with Crippen LogP contribution in [0.5, 0.6) is 17.2 Å². The Hall–Kier alpha value is -3.52. The summed E-state index contributed by atoms with van der Waals surface area (Å²) in [5, 5.41) is 1.01. The zero-order valence-electron chi connectivity index (χ0n) is 21.4. The van der Waals surface area contributed by atoms with Crippen molar-refractivity contribution < 1.29 is 28.5 Å². The van der Waals surface area contributed by atoms with Gasteiger partial charge in [0.05, 0.1) is 33.8 Å². The number of fused-ring (bicyclic) bond motifs is 1. The minimum atomic E-state index is -0.242. The normalized spacial score (nSPS) is 15.7. The Morgan fingerprint density at radius 1 is 1.11 bits per heavy atom. The van der Waals surface area contributed by atoms with Crippen LogP contribution in [-0.4, -0.2) is 68.2 Å². The number of aromatic amines is 1. The van der Waals surface area contributed by atoms with Crippen molar-refractivity contribution in [2.45, 2.75) is 39.2 Å². The highest BCUT2D eigenvalue weighted by Crippen LogP contribution is 2.30. The molecule has 1 unspecified atom stereocenters. The standard InChI is InChI=1S/C28H34N2O6/c1-18(31)5-6-20-7-10-26(27(13-20)34-4)36-17-22-16-30(11-12-35-22)28(32)15-23-19(2)29-25-9-8-21(33-3)14-24(23)25/h7-10,13-14,22,29H,5-6,11-12,15-17H2,1-4H3. The minimum absolute atomic E-state index is 0.0579. The number of rotatable bonds is 10. The molecule has 1 aromatic heterocycles. The van der Waals surface area contributed by atoms with Gasteiger partial charge in [-0.2, -0.15) is 0 Å². The summed E-state index contributed by atoms with van der Waals surface area (Å²) in [4.78, 5) is 29.7. The van der Waals surface area contributed by atoms with Crippen molar-refractivity contribution in [1.29, 1.82) is 0 Å². The van der Waals surface area contributed by atoms with E-state index in [1.165, 1.54) is 0 Å². The molecule has 2 aromatic carbocycles. The van der Waals surface area contributed by atoms with E-state index >= 15 is 0 Å². The predicted molar refractivity (Wildman–Crippen MR) is 137 cm³/mol. The van der Waals surface area contributed by atoms with Gasteiger partial charge in [0.25, 0.3) is 0 Å². The van der Waals surface area contributed by atoms with Gasteiger partial charge in [-0.3, -0.25) is 4.79 Å². The van der Waals surface area contributed by atoms with Crippen LogP contribution in [-0.2, 0) is 27.2 Å². The van der Waals surface area contributed by atoms with Crippen molar-refractivity contribution in [1.82, 2.24) is 9.88 Å². The highest BCUT2D eigenvalue weighted by atomic mass is 16.5. The first kappa shape index (κ1) is 25.6. The zero-order chi connectivity index (χ0) is 25.7. The van der Waals surface area contributed by atoms with Gasteiger partial charge >= 0.3 is 0 Å². The summed E-state index contributed by atoms with van der Waals surface area (Å²) < 4.78 is 22.7. The lowest BCUT2D eigenvalue weighted by Gasteiger charge is -2.33. The quantitative estimate of drug-likeness (QED) is 0.460. The van der Waals surface area contributed by atoms with Crippen molar-refractivity contribution in [3.63, 3.8) is 0 Å². The molecule has 0 bridgehead atoms. The highest BCUT2D eigenvalue weighted by Gasteiger charge is 2.26. The molecule has 3 aromatic rings. The van der Waals surface area contributed by atoms with E-state index < -0.39 is 0 Å². The van der Waals surface area contributed by atoms with Crippen LogP contribution in [0.2, 0.25) is 0 Å². The molecule has 2 heterocycles. The van der Waals surface area contributed by atoms with Gasteiger partial charge in [0.15, 0.2) is 11.5 Å². The van der Waals surface area contributed by atoms with Crippen LogP contribution in [0.1, 0.15) is 30.2 Å². The molecule has 8 nitrogen and oxygen atoms in total. The predicted octanol–water partition coefficient (Wildman–Crippen LogP) is 3.86. The molecule has 1 amide bonds. The molecule has 1 fully saturated rings. The molecular formula is C28H34N2O6. The Bertz CT molecular complexity index is 1230. The highest BCUT2D eigenvalue weighted by molar-refractivity contribution is 5.91. The SMILES string of the molecule is COc1ccc2[nH]c(C)c(CC(=O)N3CCOC(COc4ccc(CCC(C)=O)cc4OC)C3)c2c1. The summed E-state index contributed by atoms with van der Waals surface area (Å²) in [6, 6.07) is 11.5. The maximum atomic E-state index is 13.2. The fourth-order valence-electron chi connectivity index (χ4n) is 4.52. The van der Waals surface area contributed by atoms with Crippen molar-refractivity contribution in [3.05, 3.63) is 53.2 Å². The number of H-pyrrole nitrogens is 1. The van der Waals surface area contributed by atoms with Crippen LogP contribution >= 0.6 is 0 Å². The average molecular weight is 495 g/mol. The van der Waals surface area contributed by atoms with Gasteiger partial charge in [-0.15, -0.1) is 0 Å². The number of amides is 1. The molecule has 0 saturated carbocycles. The summed E-state index contributed by atoms with van der Waals surface area (Å²) in [5.41, 5.74) is 3.98. The third-order valence-electron chi connectivity index (χ3n) is 6.56. The summed E-state index contributed by atoms with van der Waals surface area (Å²) >= 11 is 0. The number of hydrogen-bond donors (Lipinski definition) is 1. The molecular weight excluding hydrogens is 460 g/mol. The number of aryl methyl sites for hydroxylation is 2. The lowest BCUT2D eigenvalue weighted by atomic mass is 10.1. The van der Waals surface area contributed by atoms with Crippen molar-refractivity contribution in [2.24, 2.45) is 0 Å². The number of Topliss-reactive ketones (excluding diaryl/α,β-unsaturated/α-hetero) is 1. The smallest absolute Gasteiger partial charge is 0.227 e. The van der Waals surface area contributed by atoms with Gasteiger partial charge in [0.2, 0.25) is 5.91 Å². The van der Waals surface area contributed by atoms with Gasteiger partial charge < -0.3 is 33.6 Å². The second-order valence-corrected chi connectivity index (χ2v) is 9.15. The van der Waals surface area contributed by atoms with E-state index in [-0.39, 0.29) is 17.8 Å². The largest absolute Gasteiger partial charge is 0.497 e. The van der Waals surface area contributed by atoms with Gasteiger partial charge in [0, 0.05) is 29.6 Å². The summed E-state index contributed by atoms with van der Waals surface area (Å²) in [7, 11) is 3.23. The van der Waals surface area contributed by atoms with Crippen LogP contribution in [0.15, 0.2) is 36.4 Å². The Balaban J connectivity index is 1.37. The number of nitrogens with one attached hydrogen (secondary N) is 1. The van der Waals surface area contributed by atoms with E-state index in [9.17, 15) is 9.59 Å². The van der Waals surface area contributed by atoms with E-state index in [1.807, 2.05) is 48.2 Å². The van der Waals surface area contributed by atoms with Crippen molar-refractivity contribution >= 4 is 22.6 Å². The number of hydrogen-bond acceptors (Lipinski definition) is 6. The lowest BCUT2D eigenvalue weighted by molar-refractivity contribution is -0.139. The fraction of sp³-hybridized carbons (Fsp3) is 0.429. The zero-order valence-corrected chi connectivity index (χ0v) is 21.4. The summed E-state index contributed by atoms with van der Waals surface area (Å²) in [6.07, 6.45) is 1.22. The minimum Gasteiger partial charge on any atom is -0.497 e. The molecule has 0 spiro atoms. The monoisotopic (exact) mass is 494 g/mol. The molecule has 8 heteroatoms. The topological polar surface area (TPSA) is 90.1 Å². The lowest BCUT2D eigenvalue weighted by Crippen LogP contribution is -2.48. The Morgan fingerprint density at radius 2 is 1.94 bits per heavy atom. The average Bonchev–Trinajstić information content (AvgIpc) is 3.20. The second kappa shape index (κ2) is 11.5. The number of nitrogens with zero attached hydrogens (tertiary/aromatic N) is 1. The Morgan fingerprint density at radius 3 is 2.69 bits per heavy atom. The van der Waals surface area contributed by atoms with E-state index in [2.05, 4.69) is 4.98 Å². The fourth-order valence-corrected chi connectivity index (χ4v) is 4.52. The third kappa shape index (κ3) is 5.99. The first-order chi connectivity index (χ1) is 17.4. The molecule has 0 aliphatic carbocycles.